The molecule has 3 unspecified atom stereocenters. The summed E-state index contributed by atoms with van der Waals surface area (Å²) in [4.78, 5) is 23.0. The van der Waals surface area contributed by atoms with Crippen molar-refractivity contribution in [2.75, 3.05) is 6.61 Å². The zero-order valence-electron chi connectivity index (χ0n) is 10.6. The third kappa shape index (κ3) is 3.45. The number of rotatable bonds is 5. The van der Waals surface area contributed by atoms with Crippen molar-refractivity contribution in [3.63, 3.8) is 0 Å². The molecule has 0 amide bonds. The molecule has 1 N–H and O–H groups in total. The average molecular weight is 242 g/mol. The molecule has 1 aliphatic carbocycles. The Labute approximate surface area is 102 Å². The third-order valence-corrected chi connectivity index (χ3v) is 3.73. The summed E-state index contributed by atoms with van der Waals surface area (Å²) in [5, 5.41) is 9.24. The van der Waals surface area contributed by atoms with Gasteiger partial charge in [-0.15, -0.1) is 0 Å². The maximum absolute atomic E-state index is 11.7. The van der Waals surface area contributed by atoms with Crippen LogP contribution in [-0.4, -0.2) is 23.7 Å². The van der Waals surface area contributed by atoms with Gasteiger partial charge in [0.15, 0.2) is 5.92 Å². The average Bonchev–Trinajstić information content (AvgIpc) is 2.30. The molecule has 0 radical (unpaired) electrons. The van der Waals surface area contributed by atoms with Crippen molar-refractivity contribution in [3.8, 4) is 0 Å². The summed E-state index contributed by atoms with van der Waals surface area (Å²) in [7, 11) is 0. The molecule has 4 heteroatoms. The van der Waals surface area contributed by atoms with Crippen molar-refractivity contribution in [3.05, 3.63) is 0 Å². The van der Waals surface area contributed by atoms with Crippen LogP contribution in [0.15, 0.2) is 0 Å². The van der Waals surface area contributed by atoms with Crippen LogP contribution in [0.25, 0.3) is 0 Å². The highest BCUT2D eigenvalue weighted by Gasteiger charge is 2.40. The van der Waals surface area contributed by atoms with Crippen LogP contribution < -0.4 is 0 Å². The van der Waals surface area contributed by atoms with Crippen molar-refractivity contribution in [1.82, 2.24) is 0 Å². The van der Waals surface area contributed by atoms with Gasteiger partial charge in [-0.2, -0.15) is 0 Å². The Bertz CT molecular complexity index is 275. The minimum atomic E-state index is -1.03. The molecule has 0 bridgehead atoms. The monoisotopic (exact) mass is 242 g/mol. The predicted octanol–water partition coefficient (Wildman–Crippen LogP) is 2.47. The van der Waals surface area contributed by atoms with Gasteiger partial charge in [-0.3, -0.25) is 9.59 Å². The van der Waals surface area contributed by atoms with Crippen LogP contribution >= 0.6 is 0 Å². The van der Waals surface area contributed by atoms with Crippen molar-refractivity contribution < 1.29 is 19.4 Å². The van der Waals surface area contributed by atoms with E-state index in [2.05, 4.69) is 6.92 Å². The quantitative estimate of drug-likeness (QED) is 0.594. The first-order valence-electron chi connectivity index (χ1n) is 6.51. The van der Waals surface area contributed by atoms with E-state index in [-0.39, 0.29) is 12.5 Å². The minimum Gasteiger partial charge on any atom is -0.481 e. The summed E-state index contributed by atoms with van der Waals surface area (Å²) in [6, 6.07) is 0. The van der Waals surface area contributed by atoms with Crippen LogP contribution in [0.4, 0.5) is 0 Å². The lowest BCUT2D eigenvalue weighted by molar-refractivity contribution is -0.163. The van der Waals surface area contributed by atoms with E-state index in [0.29, 0.717) is 5.92 Å². The van der Waals surface area contributed by atoms with E-state index in [1.54, 1.807) is 6.92 Å². The number of esters is 1. The lowest BCUT2D eigenvalue weighted by Crippen LogP contribution is -2.38. The second-order valence-electron chi connectivity index (χ2n) is 4.68. The van der Waals surface area contributed by atoms with E-state index >= 15 is 0 Å². The smallest absolute Gasteiger partial charge is 0.320 e. The molecule has 1 fully saturated rings. The second-order valence-corrected chi connectivity index (χ2v) is 4.68. The van der Waals surface area contributed by atoms with Crippen LogP contribution in [0.3, 0.4) is 0 Å². The lowest BCUT2D eigenvalue weighted by Gasteiger charge is -2.33. The normalized spacial score (nSPS) is 26.2. The van der Waals surface area contributed by atoms with Gasteiger partial charge in [0.25, 0.3) is 0 Å². The first-order valence-corrected chi connectivity index (χ1v) is 6.51. The van der Waals surface area contributed by atoms with Crippen LogP contribution in [0.1, 0.15) is 46.0 Å². The lowest BCUT2D eigenvalue weighted by atomic mass is 9.71. The molecular formula is C13H22O4. The minimum absolute atomic E-state index is 0.0506. The van der Waals surface area contributed by atoms with Gasteiger partial charge in [0.2, 0.25) is 0 Å². The molecule has 1 saturated carbocycles. The molecule has 4 nitrogen and oxygen atoms in total. The number of carboxylic acid groups (broad SMARTS) is 1. The van der Waals surface area contributed by atoms with E-state index in [1.165, 1.54) is 0 Å². The number of aliphatic carboxylic acids is 1. The summed E-state index contributed by atoms with van der Waals surface area (Å²) < 4.78 is 4.89. The Morgan fingerprint density at radius 2 is 1.94 bits per heavy atom. The Balaban J connectivity index is 2.80. The molecule has 17 heavy (non-hydrogen) atoms. The molecule has 0 aromatic heterocycles. The number of carboxylic acids is 1. The van der Waals surface area contributed by atoms with Gasteiger partial charge in [0, 0.05) is 0 Å². The van der Waals surface area contributed by atoms with Gasteiger partial charge in [0.1, 0.15) is 0 Å². The summed E-state index contributed by atoms with van der Waals surface area (Å²) in [6.07, 6.45) is 4.96. The summed E-state index contributed by atoms with van der Waals surface area (Å²) in [5.41, 5.74) is 0. The van der Waals surface area contributed by atoms with Gasteiger partial charge in [-0.05, 0) is 25.2 Å². The zero-order chi connectivity index (χ0) is 12.8. The molecule has 0 heterocycles. The first kappa shape index (κ1) is 14.0. The number of hydrogen-bond donors (Lipinski definition) is 1. The fourth-order valence-electron chi connectivity index (χ4n) is 2.87. The SMILES string of the molecule is CCOC(=O)C(C(=O)O)C1CCCCC1CC. The van der Waals surface area contributed by atoms with E-state index in [0.717, 1.165) is 32.1 Å². The van der Waals surface area contributed by atoms with E-state index < -0.39 is 17.9 Å². The molecule has 98 valence electrons. The van der Waals surface area contributed by atoms with Crippen LogP contribution in [-0.2, 0) is 14.3 Å². The molecule has 0 aliphatic heterocycles. The zero-order valence-corrected chi connectivity index (χ0v) is 10.6. The highest BCUT2D eigenvalue weighted by Crippen LogP contribution is 2.37. The van der Waals surface area contributed by atoms with Gasteiger partial charge in [-0.25, -0.2) is 0 Å². The molecule has 1 aliphatic rings. The summed E-state index contributed by atoms with van der Waals surface area (Å²) in [6.45, 7) is 4.01. The highest BCUT2D eigenvalue weighted by molar-refractivity contribution is 5.94. The summed E-state index contributed by atoms with van der Waals surface area (Å²) in [5.74, 6) is -2.28. The fraction of sp³-hybridized carbons (Fsp3) is 0.846. The van der Waals surface area contributed by atoms with Crippen molar-refractivity contribution in [2.45, 2.75) is 46.0 Å². The van der Waals surface area contributed by atoms with E-state index in [9.17, 15) is 14.7 Å². The van der Waals surface area contributed by atoms with Crippen molar-refractivity contribution in [2.24, 2.45) is 17.8 Å². The van der Waals surface area contributed by atoms with Gasteiger partial charge in [-0.1, -0.05) is 32.6 Å². The Kier molecular flexibility index (Phi) is 5.45. The fourth-order valence-corrected chi connectivity index (χ4v) is 2.87. The molecule has 0 saturated heterocycles. The van der Waals surface area contributed by atoms with Crippen molar-refractivity contribution >= 4 is 11.9 Å². The van der Waals surface area contributed by atoms with Gasteiger partial charge >= 0.3 is 11.9 Å². The van der Waals surface area contributed by atoms with Crippen LogP contribution in [0.2, 0.25) is 0 Å². The number of hydrogen-bond acceptors (Lipinski definition) is 3. The maximum atomic E-state index is 11.7. The second kappa shape index (κ2) is 6.62. The Morgan fingerprint density at radius 3 is 2.47 bits per heavy atom. The number of carbonyl (C=O) groups excluding carboxylic acids is 1. The van der Waals surface area contributed by atoms with Crippen molar-refractivity contribution in [1.29, 1.82) is 0 Å². The van der Waals surface area contributed by atoms with E-state index in [1.807, 2.05) is 0 Å². The highest BCUT2D eigenvalue weighted by atomic mass is 16.5. The topological polar surface area (TPSA) is 63.6 Å². The Morgan fingerprint density at radius 1 is 1.29 bits per heavy atom. The number of ether oxygens (including phenoxy) is 1. The first-order chi connectivity index (χ1) is 8.11. The third-order valence-electron chi connectivity index (χ3n) is 3.73. The van der Waals surface area contributed by atoms with E-state index in [4.69, 9.17) is 4.74 Å². The maximum Gasteiger partial charge on any atom is 0.320 e. The molecule has 0 spiro atoms. The Hall–Kier alpha value is -1.06. The standard InChI is InChI=1S/C13H22O4/c1-3-9-7-5-6-8-10(9)11(12(14)15)13(16)17-4-2/h9-11H,3-8H2,1-2H3,(H,14,15). The molecule has 0 aromatic carbocycles. The van der Waals surface area contributed by atoms with Gasteiger partial charge < -0.3 is 9.84 Å². The predicted molar refractivity (Wildman–Crippen MR) is 63.5 cm³/mol. The molecular weight excluding hydrogens is 220 g/mol. The van der Waals surface area contributed by atoms with Gasteiger partial charge in [0.05, 0.1) is 6.61 Å². The number of carbonyl (C=O) groups is 2. The molecule has 3 atom stereocenters. The largest absolute Gasteiger partial charge is 0.481 e. The summed E-state index contributed by atoms with van der Waals surface area (Å²) >= 11 is 0. The van der Waals surface area contributed by atoms with Crippen LogP contribution in [0, 0.1) is 17.8 Å². The molecule has 0 aromatic rings. The van der Waals surface area contributed by atoms with Crippen LogP contribution in [0.5, 0.6) is 0 Å². The molecule has 1 rings (SSSR count).